The molecule has 12 heteroatoms. The SMILES string of the molecule is C=C1C[C@H](CN2Cc3ccc(-c4cccc(-c5cccc(-c6cnc(CNC7CC(C(N)=O)C7)c(OC)n6)c5Cl)c4Cl)nc3O2)CN1. The summed E-state index contributed by atoms with van der Waals surface area (Å²) in [4.78, 5) is 31.7. The number of fused-ring (bicyclic) bond motifs is 1. The van der Waals surface area contributed by atoms with Gasteiger partial charge in [-0.15, -0.1) is 5.06 Å². The Bertz CT molecular complexity index is 1860. The Kier molecular flexibility index (Phi) is 8.76. The monoisotopic (exact) mass is 671 g/mol. The van der Waals surface area contributed by atoms with Crippen molar-refractivity contribution >= 4 is 29.1 Å². The third-order valence-electron chi connectivity index (χ3n) is 9.08. The van der Waals surface area contributed by atoms with Crippen LogP contribution in [0.25, 0.3) is 33.6 Å². The summed E-state index contributed by atoms with van der Waals surface area (Å²) < 4.78 is 5.59. The van der Waals surface area contributed by atoms with Crippen molar-refractivity contribution in [2.45, 2.75) is 38.4 Å². The van der Waals surface area contributed by atoms with Crippen LogP contribution in [0.5, 0.6) is 11.8 Å². The van der Waals surface area contributed by atoms with Crippen molar-refractivity contribution in [2.75, 3.05) is 20.2 Å². The minimum atomic E-state index is -0.252. The highest BCUT2D eigenvalue weighted by atomic mass is 35.5. The molecule has 3 aliphatic rings. The molecule has 2 aromatic heterocycles. The molecule has 0 spiro atoms. The molecule has 1 amide bonds. The molecule has 0 bridgehead atoms. The smallest absolute Gasteiger partial charge is 0.243 e. The lowest BCUT2D eigenvalue weighted by Gasteiger charge is -2.33. The second-order valence-corrected chi connectivity index (χ2v) is 13.1. The van der Waals surface area contributed by atoms with E-state index in [2.05, 4.69) is 28.3 Å². The first-order chi connectivity index (χ1) is 22.8. The number of hydrogen-bond donors (Lipinski definition) is 3. The standard InChI is InChI=1S/C35H35Cl2N7O3/c1-19-11-20(14-39-19)17-44-18-21-9-10-28(42-34(21)47-44)26-7-3-5-24(31(26)36)25-6-4-8-27(32(25)37)29-15-41-30(35(43-29)46-2)16-40-23-12-22(13-23)33(38)45/h3-10,15,20,22-23,39-40H,1,11-14,16-18H2,2H3,(H2,38,45)/t20-,22?,23?/m0/s1. The predicted octanol–water partition coefficient (Wildman–Crippen LogP) is 5.77. The fourth-order valence-corrected chi connectivity index (χ4v) is 7.06. The topological polar surface area (TPSA) is 128 Å². The third kappa shape index (κ3) is 6.38. The molecule has 2 aliphatic heterocycles. The number of ether oxygens (including phenoxy) is 1. The lowest BCUT2D eigenvalue weighted by Crippen LogP contribution is -2.46. The number of nitrogens with one attached hydrogen (secondary N) is 2. The molecule has 1 aliphatic carbocycles. The highest BCUT2D eigenvalue weighted by molar-refractivity contribution is 6.39. The first-order valence-corrected chi connectivity index (χ1v) is 16.4. The molecule has 2 fully saturated rings. The summed E-state index contributed by atoms with van der Waals surface area (Å²) in [5.41, 5.74) is 12.5. The van der Waals surface area contributed by atoms with Gasteiger partial charge in [-0.3, -0.25) is 9.78 Å². The van der Waals surface area contributed by atoms with E-state index < -0.39 is 0 Å². The summed E-state index contributed by atoms with van der Waals surface area (Å²) in [6.07, 6.45) is 4.08. The van der Waals surface area contributed by atoms with Crippen LogP contribution >= 0.6 is 23.2 Å². The minimum Gasteiger partial charge on any atom is -0.480 e. The van der Waals surface area contributed by atoms with E-state index in [9.17, 15) is 4.79 Å². The zero-order valence-electron chi connectivity index (χ0n) is 25.9. The van der Waals surface area contributed by atoms with Gasteiger partial charge in [-0.1, -0.05) is 66.2 Å². The van der Waals surface area contributed by atoms with Crippen LogP contribution in [0.15, 0.2) is 67.0 Å². The summed E-state index contributed by atoms with van der Waals surface area (Å²) in [6.45, 7) is 6.88. The van der Waals surface area contributed by atoms with E-state index in [1.54, 1.807) is 13.3 Å². The Morgan fingerprint density at radius 1 is 1.06 bits per heavy atom. The van der Waals surface area contributed by atoms with E-state index in [-0.39, 0.29) is 17.9 Å². The molecule has 1 atom stereocenters. The zero-order valence-corrected chi connectivity index (χ0v) is 27.4. The maximum atomic E-state index is 11.3. The second-order valence-electron chi connectivity index (χ2n) is 12.3. The number of rotatable bonds is 10. The largest absolute Gasteiger partial charge is 0.480 e. The number of pyridine rings is 1. The molecule has 0 unspecified atom stereocenters. The summed E-state index contributed by atoms with van der Waals surface area (Å²) in [5, 5.41) is 9.71. The van der Waals surface area contributed by atoms with E-state index in [1.807, 2.05) is 47.5 Å². The van der Waals surface area contributed by atoms with Gasteiger partial charge in [0, 0.05) is 65.1 Å². The molecule has 2 aromatic carbocycles. The lowest BCUT2D eigenvalue weighted by atomic mass is 9.80. The van der Waals surface area contributed by atoms with Crippen LogP contribution in [0.1, 0.15) is 30.5 Å². The van der Waals surface area contributed by atoms with Crippen LogP contribution < -0.4 is 25.9 Å². The van der Waals surface area contributed by atoms with Crippen LogP contribution in [0.3, 0.4) is 0 Å². The highest BCUT2D eigenvalue weighted by Crippen LogP contribution is 2.43. The molecule has 4 heterocycles. The number of carbonyl (C=O) groups excluding carboxylic acids is 1. The van der Waals surface area contributed by atoms with Crippen molar-refractivity contribution in [3.8, 4) is 45.4 Å². The maximum absolute atomic E-state index is 11.3. The number of methoxy groups -OCH3 is 1. The highest BCUT2D eigenvalue weighted by Gasteiger charge is 2.33. The Balaban J connectivity index is 1.10. The van der Waals surface area contributed by atoms with Crippen LogP contribution in [-0.2, 0) is 17.9 Å². The van der Waals surface area contributed by atoms with Gasteiger partial charge in [-0.05, 0) is 37.3 Å². The number of nitrogens with two attached hydrogens (primary N) is 1. The first-order valence-electron chi connectivity index (χ1n) is 15.6. The molecule has 10 nitrogen and oxygen atoms in total. The molecule has 7 rings (SSSR count). The number of carbonyl (C=O) groups is 1. The summed E-state index contributed by atoms with van der Waals surface area (Å²) >= 11 is 14.1. The normalized spacial score (nSPS) is 20.3. The number of allylic oxidation sites excluding steroid dienone is 1. The summed E-state index contributed by atoms with van der Waals surface area (Å²) in [7, 11) is 1.56. The van der Waals surface area contributed by atoms with Crippen molar-refractivity contribution in [1.29, 1.82) is 0 Å². The number of aromatic nitrogens is 3. The van der Waals surface area contributed by atoms with E-state index in [1.165, 1.54) is 0 Å². The Hall–Kier alpha value is -4.22. The second kappa shape index (κ2) is 13.1. The fourth-order valence-electron chi connectivity index (χ4n) is 6.41. The lowest BCUT2D eigenvalue weighted by molar-refractivity contribution is -0.124. The average molecular weight is 673 g/mol. The van der Waals surface area contributed by atoms with Gasteiger partial charge < -0.3 is 25.9 Å². The molecule has 0 radical (unpaired) electrons. The van der Waals surface area contributed by atoms with Crippen molar-refractivity contribution in [3.05, 3.63) is 88.3 Å². The number of amides is 1. The van der Waals surface area contributed by atoms with Gasteiger partial charge in [0.25, 0.3) is 0 Å². The van der Waals surface area contributed by atoms with E-state index in [4.69, 9.17) is 48.5 Å². The van der Waals surface area contributed by atoms with Gasteiger partial charge in [0.15, 0.2) is 0 Å². The Labute approximate surface area is 283 Å². The number of nitrogens with zero attached hydrogens (tertiary/aromatic N) is 4. The number of hydrogen-bond acceptors (Lipinski definition) is 9. The zero-order chi connectivity index (χ0) is 32.7. The van der Waals surface area contributed by atoms with Crippen LogP contribution in [-0.4, -0.2) is 52.2 Å². The number of hydroxylamine groups is 2. The molecule has 1 saturated heterocycles. The van der Waals surface area contributed by atoms with E-state index in [0.29, 0.717) is 63.5 Å². The molecular formula is C35H35Cl2N7O3. The van der Waals surface area contributed by atoms with E-state index >= 15 is 0 Å². The third-order valence-corrected chi connectivity index (χ3v) is 9.90. The minimum absolute atomic E-state index is 0.0676. The predicted molar refractivity (Wildman–Crippen MR) is 182 cm³/mol. The molecule has 1 saturated carbocycles. The Morgan fingerprint density at radius 2 is 1.77 bits per heavy atom. The quantitative estimate of drug-likeness (QED) is 0.192. The van der Waals surface area contributed by atoms with Crippen molar-refractivity contribution in [1.82, 2.24) is 30.6 Å². The summed E-state index contributed by atoms with van der Waals surface area (Å²) in [6, 6.07) is 15.8. The fraction of sp³-hybridized carbons (Fsp3) is 0.314. The summed E-state index contributed by atoms with van der Waals surface area (Å²) in [5.74, 6) is 1.14. The molecule has 4 aromatic rings. The number of primary amides is 1. The average Bonchev–Trinajstić information content (AvgIpc) is 3.65. The van der Waals surface area contributed by atoms with Gasteiger partial charge in [-0.2, -0.15) is 0 Å². The van der Waals surface area contributed by atoms with Gasteiger partial charge in [0.1, 0.15) is 5.69 Å². The van der Waals surface area contributed by atoms with Crippen LogP contribution in [0, 0.1) is 11.8 Å². The van der Waals surface area contributed by atoms with Crippen LogP contribution in [0.2, 0.25) is 10.0 Å². The van der Waals surface area contributed by atoms with Gasteiger partial charge >= 0.3 is 0 Å². The first kappa shape index (κ1) is 31.4. The van der Waals surface area contributed by atoms with Crippen molar-refractivity contribution in [2.24, 2.45) is 17.6 Å². The molecular weight excluding hydrogens is 637 g/mol. The van der Waals surface area contributed by atoms with Gasteiger partial charge in [0.2, 0.25) is 17.7 Å². The Morgan fingerprint density at radius 3 is 2.43 bits per heavy atom. The maximum Gasteiger partial charge on any atom is 0.243 e. The molecule has 47 heavy (non-hydrogen) atoms. The van der Waals surface area contributed by atoms with Gasteiger partial charge in [0.05, 0.1) is 41.3 Å². The molecule has 242 valence electrons. The van der Waals surface area contributed by atoms with Crippen molar-refractivity contribution < 1.29 is 14.4 Å². The van der Waals surface area contributed by atoms with Gasteiger partial charge in [-0.25, -0.2) is 9.97 Å². The van der Waals surface area contributed by atoms with E-state index in [0.717, 1.165) is 60.3 Å². The molecule has 4 N–H and O–H groups in total. The number of halogens is 2. The van der Waals surface area contributed by atoms with Crippen LogP contribution in [0.4, 0.5) is 0 Å². The van der Waals surface area contributed by atoms with Crippen molar-refractivity contribution in [3.63, 3.8) is 0 Å². The number of benzene rings is 2.